The Morgan fingerprint density at radius 2 is 1.60 bits per heavy atom. The molecule has 0 bridgehead atoms. The van der Waals surface area contributed by atoms with Crippen LogP contribution in [0.25, 0.3) is 0 Å². The number of aryl methyl sites for hydroxylation is 4. The molecule has 0 aliphatic heterocycles. The van der Waals surface area contributed by atoms with E-state index in [9.17, 15) is 5.11 Å². The highest BCUT2D eigenvalue weighted by Crippen LogP contribution is 2.26. The van der Waals surface area contributed by atoms with Crippen LogP contribution >= 0.6 is 0 Å². The summed E-state index contributed by atoms with van der Waals surface area (Å²) < 4.78 is 5.99. The van der Waals surface area contributed by atoms with Gasteiger partial charge in [-0.25, -0.2) is 0 Å². The molecule has 2 nitrogen and oxygen atoms in total. The maximum Gasteiger partial charge on any atom is 0.128 e. The molecule has 106 valence electrons. The van der Waals surface area contributed by atoms with Crippen LogP contribution in [0.1, 0.15) is 33.4 Å². The number of hydrogen-bond acceptors (Lipinski definition) is 2. The Hall–Kier alpha value is -1.80. The minimum Gasteiger partial charge on any atom is -0.488 e. The minimum absolute atomic E-state index is 0.00285. The fourth-order valence-electron chi connectivity index (χ4n) is 2.63. The Labute approximate surface area is 121 Å². The van der Waals surface area contributed by atoms with E-state index in [0.29, 0.717) is 6.61 Å². The first-order valence-electron chi connectivity index (χ1n) is 6.91. The lowest BCUT2D eigenvalue weighted by Gasteiger charge is -2.16. The van der Waals surface area contributed by atoms with Gasteiger partial charge >= 0.3 is 0 Å². The van der Waals surface area contributed by atoms with Crippen LogP contribution in [-0.4, -0.2) is 5.11 Å². The highest BCUT2D eigenvalue weighted by Gasteiger charge is 2.09. The van der Waals surface area contributed by atoms with Crippen molar-refractivity contribution in [3.05, 3.63) is 63.7 Å². The third-order valence-electron chi connectivity index (χ3n) is 3.67. The summed E-state index contributed by atoms with van der Waals surface area (Å²) in [7, 11) is 0. The van der Waals surface area contributed by atoms with Gasteiger partial charge in [-0.3, -0.25) is 0 Å². The summed E-state index contributed by atoms with van der Waals surface area (Å²) >= 11 is 0. The van der Waals surface area contributed by atoms with Crippen molar-refractivity contribution in [1.29, 1.82) is 0 Å². The maximum absolute atomic E-state index is 9.41. The lowest BCUT2D eigenvalue weighted by molar-refractivity contribution is 0.257. The van der Waals surface area contributed by atoms with E-state index < -0.39 is 0 Å². The quantitative estimate of drug-likeness (QED) is 0.910. The number of rotatable bonds is 4. The van der Waals surface area contributed by atoms with Crippen LogP contribution in [0.3, 0.4) is 0 Å². The lowest BCUT2D eigenvalue weighted by atomic mass is 10.0. The first-order valence-corrected chi connectivity index (χ1v) is 6.91. The van der Waals surface area contributed by atoms with Crippen LogP contribution in [0.5, 0.6) is 5.75 Å². The zero-order chi connectivity index (χ0) is 14.7. The van der Waals surface area contributed by atoms with E-state index >= 15 is 0 Å². The van der Waals surface area contributed by atoms with Crippen molar-refractivity contribution in [2.45, 2.75) is 40.9 Å². The molecule has 0 aliphatic carbocycles. The third-order valence-corrected chi connectivity index (χ3v) is 3.67. The number of aliphatic hydroxyl groups is 1. The van der Waals surface area contributed by atoms with E-state index in [1.807, 2.05) is 25.1 Å². The second-order valence-electron chi connectivity index (χ2n) is 5.39. The fourth-order valence-corrected chi connectivity index (χ4v) is 2.63. The Morgan fingerprint density at radius 3 is 2.20 bits per heavy atom. The van der Waals surface area contributed by atoms with Crippen molar-refractivity contribution in [1.82, 2.24) is 0 Å². The van der Waals surface area contributed by atoms with E-state index in [0.717, 1.165) is 16.9 Å². The standard InChI is InChI=1S/C18H22O2/c1-12-8-14(3)17(15(4)9-12)11-20-18-13(2)6-5-7-16(18)10-19/h5-9,19H,10-11H2,1-4H3. The molecule has 0 amide bonds. The summed E-state index contributed by atoms with van der Waals surface area (Å²) in [5.41, 5.74) is 6.90. The highest BCUT2D eigenvalue weighted by molar-refractivity contribution is 5.42. The second kappa shape index (κ2) is 6.10. The van der Waals surface area contributed by atoms with E-state index in [2.05, 4.69) is 32.9 Å². The van der Waals surface area contributed by atoms with Gasteiger partial charge in [-0.1, -0.05) is 35.9 Å². The summed E-state index contributed by atoms with van der Waals surface area (Å²) in [6.07, 6.45) is 0. The average molecular weight is 270 g/mol. The third kappa shape index (κ3) is 3.02. The van der Waals surface area contributed by atoms with Crippen LogP contribution in [-0.2, 0) is 13.2 Å². The van der Waals surface area contributed by atoms with Crippen molar-refractivity contribution < 1.29 is 9.84 Å². The number of ether oxygens (including phenoxy) is 1. The summed E-state index contributed by atoms with van der Waals surface area (Å²) in [5, 5.41) is 9.41. The number of benzene rings is 2. The van der Waals surface area contributed by atoms with Crippen LogP contribution in [0.15, 0.2) is 30.3 Å². The van der Waals surface area contributed by atoms with Gasteiger partial charge in [0, 0.05) is 5.56 Å². The van der Waals surface area contributed by atoms with Crippen molar-refractivity contribution in [3.63, 3.8) is 0 Å². The minimum atomic E-state index is 0.00285. The number of aliphatic hydroxyl groups excluding tert-OH is 1. The van der Waals surface area contributed by atoms with Crippen molar-refractivity contribution in [3.8, 4) is 5.75 Å². The smallest absolute Gasteiger partial charge is 0.128 e. The Bertz CT molecular complexity index is 592. The molecule has 0 saturated carbocycles. The first kappa shape index (κ1) is 14.6. The van der Waals surface area contributed by atoms with E-state index in [1.165, 1.54) is 22.3 Å². The monoisotopic (exact) mass is 270 g/mol. The van der Waals surface area contributed by atoms with Gasteiger partial charge in [0.25, 0.3) is 0 Å². The molecule has 0 aromatic heterocycles. The molecule has 0 radical (unpaired) electrons. The van der Waals surface area contributed by atoms with Gasteiger partial charge in [-0.2, -0.15) is 0 Å². The molecule has 2 aromatic rings. The van der Waals surface area contributed by atoms with Gasteiger partial charge in [-0.15, -0.1) is 0 Å². The predicted molar refractivity (Wildman–Crippen MR) is 82.1 cm³/mol. The lowest BCUT2D eigenvalue weighted by Crippen LogP contribution is -2.04. The zero-order valence-electron chi connectivity index (χ0n) is 12.7. The topological polar surface area (TPSA) is 29.5 Å². The highest BCUT2D eigenvalue weighted by atomic mass is 16.5. The molecule has 0 saturated heterocycles. The molecule has 20 heavy (non-hydrogen) atoms. The molecular formula is C18H22O2. The Morgan fingerprint density at radius 1 is 0.950 bits per heavy atom. The van der Waals surface area contributed by atoms with Crippen LogP contribution in [0.4, 0.5) is 0 Å². The molecule has 0 fully saturated rings. The zero-order valence-corrected chi connectivity index (χ0v) is 12.7. The summed E-state index contributed by atoms with van der Waals surface area (Å²) in [6, 6.07) is 10.2. The molecule has 0 heterocycles. The van der Waals surface area contributed by atoms with Gasteiger partial charge < -0.3 is 9.84 Å². The van der Waals surface area contributed by atoms with Crippen molar-refractivity contribution in [2.75, 3.05) is 0 Å². The van der Waals surface area contributed by atoms with Gasteiger partial charge in [0.05, 0.1) is 6.61 Å². The van der Waals surface area contributed by atoms with E-state index in [-0.39, 0.29) is 6.61 Å². The molecule has 2 rings (SSSR count). The predicted octanol–water partition coefficient (Wildman–Crippen LogP) is 3.99. The van der Waals surface area contributed by atoms with Crippen LogP contribution in [0, 0.1) is 27.7 Å². The molecule has 0 spiro atoms. The summed E-state index contributed by atoms with van der Waals surface area (Å²) in [5.74, 6) is 0.800. The van der Waals surface area contributed by atoms with E-state index in [1.54, 1.807) is 0 Å². The van der Waals surface area contributed by atoms with Crippen molar-refractivity contribution in [2.24, 2.45) is 0 Å². The summed E-state index contributed by atoms with van der Waals surface area (Å²) in [4.78, 5) is 0. The Balaban J connectivity index is 2.26. The summed E-state index contributed by atoms with van der Waals surface area (Å²) in [6.45, 7) is 8.88. The molecule has 2 aromatic carbocycles. The number of para-hydroxylation sites is 1. The normalized spacial score (nSPS) is 10.7. The second-order valence-corrected chi connectivity index (χ2v) is 5.39. The van der Waals surface area contributed by atoms with Gasteiger partial charge in [-0.05, 0) is 49.9 Å². The molecule has 0 aliphatic rings. The number of hydrogen-bond donors (Lipinski definition) is 1. The van der Waals surface area contributed by atoms with Gasteiger partial charge in [0.15, 0.2) is 0 Å². The van der Waals surface area contributed by atoms with Gasteiger partial charge in [0.2, 0.25) is 0 Å². The molecule has 0 unspecified atom stereocenters. The first-order chi connectivity index (χ1) is 9.52. The fraction of sp³-hybridized carbons (Fsp3) is 0.333. The average Bonchev–Trinajstić information content (AvgIpc) is 2.38. The molecule has 1 N–H and O–H groups in total. The molecule has 0 atom stereocenters. The van der Waals surface area contributed by atoms with E-state index in [4.69, 9.17) is 4.74 Å². The SMILES string of the molecule is Cc1cc(C)c(COc2c(C)cccc2CO)c(C)c1. The van der Waals surface area contributed by atoms with Crippen molar-refractivity contribution >= 4 is 0 Å². The largest absolute Gasteiger partial charge is 0.488 e. The maximum atomic E-state index is 9.41. The van der Waals surface area contributed by atoms with Crippen LogP contribution in [0.2, 0.25) is 0 Å². The molecule has 2 heteroatoms. The Kier molecular flexibility index (Phi) is 4.46. The molecular weight excluding hydrogens is 248 g/mol. The van der Waals surface area contributed by atoms with Gasteiger partial charge in [0.1, 0.15) is 12.4 Å². The van der Waals surface area contributed by atoms with Crippen LogP contribution < -0.4 is 4.74 Å².